The Labute approximate surface area is 176 Å². The quantitative estimate of drug-likeness (QED) is 0.292. The molecule has 5 heteroatoms. The molecule has 3 rings (SSSR count). The van der Waals surface area contributed by atoms with Gasteiger partial charge in [-0.2, -0.15) is 0 Å². The summed E-state index contributed by atoms with van der Waals surface area (Å²) in [4.78, 5) is 16.1. The minimum atomic E-state index is -0.456. The van der Waals surface area contributed by atoms with Crippen molar-refractivity contribution < 1.29 is 19.0 Å². The average molecular weight is 401 g/mol. The van der Waals surface area contributed by atoms with Crippen LogP contribution < -0.4 is 14.2 Å². The molecule has 0 aliphatic rings. The standard InChI is InChI=1S/C25H23NO4/c1-3-29-23-12-8-21(18-24(23)28-2)9-13-25(27)30-22-10-6-19(7-11-22)4-5-20-14-16-26-17-15-20/h4-18H,3H2,1-2H3/b5-4+,13-9+. The summed E-state index contributed by atoms with van der Waals surface area (Å²) in [5.74, 6) is 1.30. The Kier molecular flexibility index (Phi) is 7.39. The number of hydrogen-bond donors (Lipinski definition) is 0. The molecule has 1 aromatic heterocycles. The lowest BCUT2D eigenvalue weighted by molar-refractivity contribution is -0.128. The number of carbonyl (C=O) groups is 1. The first-order valence-electron chi connectivity index (χ1n) is 9.57. The fourth-order valence-electron chi connectivity index (χ4n) is 2.69. The SMILES string of the molecule is CCOc1ccc(/C=C/C(=O)Oc2ccc(/C=C/c3ccncc3)cc2)cc1OC. The number of esters is 1. The third kappa shape index (κ3) is 6.07. The Hall–Kier alpha value is -3.86. The molecule has 1 heterocycles. The average Bonchev–Trinajstić information content (AvgIpc) is 2.79. The van der Waals surface area contributed by atoms with E-state index in [1.807, 2.05) is 55.5 Å². The Morgan fingerprint density at radius 3 is 2.20 bits per heavy atom. The number of benzene rings is 2. The van der Waals surface area contributed by atoms with Crippen molar-refractivity contribution in [1.82, 2.24) is 4.98 Å². The highest BCUT2D eigenvalue weighted by molar-refractivity contribution is 5.88. The van der Waals surface area contributed by atoms with Crippen molar-refractivity contribution in [2.75, 3.05) is 13.7 Å². The molecule has 3 aromatic rings. The van der Waals surface area contributed by atoms with Crippen molar-refractivity contribution in [2.45, 2.75) is 6.92 Å². The fraction of sp³-hybridized carbons (Fsp3) is 0.120. The van der Waals surface area contributed by atoms with Gasteiger partial charge in [-0.25, -0.2) is 4.79 Å². The van der Waals surface area contributed by atoms with Crippen LogP contribution in [0.15, 0.2) is 73.1 Å². The number of rotatable bonds is 8. The first-order chi connectivity index (χ1) is 14.7. The van der Waals surface area contributed by atoms with Crippen LogP contribution in [0.2, 0.25) is 0 Å². The van der Waals surface area contributed by atoms with Gasteiger partial charge in [0.05, 0.1) is 13.7 Å². The molecule has 2 aromatic carbocycles. The summed E-state index contributed by atoms with van der Waals surface area (Å²) in [6.45, 7) is 2.46. The second-order valence-corrected chi connectivity index (χ2v) is 6.28. The van der Waals surface area contributed by atoms with Crippen LogP contribution in [0.25, 0.3) is 18.2 Å². The maximum atomic E-state index is 12.1. The molecule has 0 unspecified atom stereocenters. The van der Waals surface area contributed by atoms with Crippen molar-refractivity contribution in [3.63, 3.8) is 0 Å². The molecular formula is C25H23NO4. The van der Waals surface area contributed by atoms with Gasteiger partial charge in [0.15, 0.2) is 11.5 Å². The summed E-state index contributed by atoms with van der Waals surface area (Å²) >= 11 is 0. The Balaban J connectivity index is 1.59. The van der Waals surface area contributed by atoms with Crippen molar-refractivity contribution >= 4 is 24.2 Å². The summed E-state index contributed by atoms with van der Waals surface area (Å²) in [5, 5.41) is 0. The van der Waals surface area contributed by atoms with E-state index in [1.165, 1.54) is 6.08 Å². The van der Waals surface area contributed by atoms with Gasteiger partial charge in [-0.1, -0.05) is 30.4 Å². The first-order valence-corrected chi connectivity index (χ1v) is 9.57. The lowest BCUT2D eigenvalue weighted by Crippen LogP contribution is -2.03. The van der Waals surface area contributed by atoms with E-state index in [2.05, 4.69) is 4.98 Å². The topological polar surface area (TPSA) is 57.7 Å². The fourth-order valence-corrected chi connectivity index (χ4v) is 2.69. The van der Waals surface area contributed by atoms with Crippen LogP contribution in [0.5, 0.6) is 17.2 Å². The number of nitrogens with zero attached hydrogens (tertiary/aromatic N) is 1. The normalized spacial score (nSPS) is 11.0. The summed E-state index contributed by atoms with van der Waals surface area (Å²) in [6.07, 6.45) is 10.5. The molecule has 30 heavy (non-hydrogen) atoms. The molecule has 0 bridgehead atoms. The van der Waals surface area contributed by atoms with Crippen molar-refractivity contribution in [3.05, 3.63) is 89.8 Å². The zero-order chi connectivity index (χ0) is 21.2. The molecule has 152 valence electrons. The first kappa shape index (κ1) is 20.9. The maximum absolute atomic E-state index is 12.1. The molecule has 0 saturated carbocycles. The second-order valence-electron chi connectivity index (χ2n) is 6.28. The Morgan fingerprint density at radius 2 is 1.53 bits per heavy atom. The van der Waals surface area contributed by atoms with Crippen molar-refractivity contribution in [3.8, 4) is 17.2 Å². The van der Waals surface area contributed by atoms with Gasteiger partial charge in [-0.05, 0) is 66.1 Å². The van der Waals surface area contributed by atoms with Crippen molar-refractivity contribution in [1.29, 1.82) is 0 Å². The predicted molar refractivity (Wildman–Crippen MR) is 118 cm³/mol. The molecule has 5 nitrogen and oxygen atoms in total. The van der Waals surface area contributed by atoms with E-state index in [-0.39, 0.29) is 0 Å². The van der Waals surface area contributed by atoms with Crippen LogP contribution in [-0.4, -0.2) is 24.7 Å². The number of hydrogen-bond acceptors (Lipinski definition) is 5. The zero-order valence-corrected chi connectivity index (χ0v) is 16.9. The van der Waals surface area contributed by atoms with Gasteiger partial charge in [0.1, 0.15) is 5.75 Å². The van der Waals surface area contributed by atoms with E-state index in [9.17, 15) is 4.79 Å². The molecule has 0 spiro atoms. The molecule has 0 amide bonds. The van der Waals surface area contributed by atoms with Gasteiger partial charge in [0.25, 0.3) is 0 Å². The molecule has 0 aliphatic heterocycles. The number of carbonyl (C=O) groups excluding carboxylic acids is 1. The van der Waals surface area contributed by atoms with Gasteiger partial charge in [0.2, 0.25) is 0 Å². The molecule has 0 radical (unpaired) electrons. The van der Waals surface area contributed by atoms with Crippen LogP contribution in [0.3, 0.4) is 0 Å². The number of ether oxygens (including phenoxy) is 3. The highest BCUT2D eigenvalue weighted by Crippen LogP contribution is 2.28. The van der Waals surface area contributed by atoms with E-state index < -0.39 is 5.97 Å². The van der Waals surface area contributed by atoms with E-state index in [4.69, 9.17) is 14.2 Å². The summed E-state index contributed by atoms with van der Waals surface area (Å²) in [7, 11) is 1.58. The van der Waals surface area contributed by atoms with Gasteiger partial charge >= 0.3 is 5.97 Å². The monoisotopic (exact) mass is 401 g/mol. The van der Waals surface area contributed by atoms with Crippen LogP contribution in [0, 0.1) is 0 Å². The Bertz CT molecular complexity index is 1020. The van der Waals surface area contributed by atoms with Gasteiger partial charge < -0.3 is 14.2 Å². The van der Waals surface area contributed by atoms with Crippen LogP contribution in [-0.2, 0) is 4.79 Å². The molecule has 0 N–H and O–H groups in total. The number of aromatic nitrogens is 1. The second kappa shape index (κ2) is 10.6. The lowest BCUT2D eigenvalue weighted by atomic mass is 10.1. The summed E-state index contributed by atoms with van der Waals surface area (Å²) < 4.78 is 16.2. The molecule has 0 aliphatic carbocycles. The van der Waals surface area contributed by atoms with E-state index in [0.717, 1.165) is 16.7 Å². The smallest absolute Gasteiger partial charge is 0.336 e. The Morgan fingerprint density at radius 1 is 0.867 bits per heavy atom. The van der Waals surface area contributed by atoms with Crippen molar-refractivity contribution in [2.24, 2.45) is 0 Å². The van der Waals surface area contributed by atoms with E-state index in [0.29, 0.717) is 23.9 Å². The van der Waals surface area contributed by atoms with Gasteiger partial charge in [0, 0.05) is 18.5 Å². The van der Waals surface area contributed by atoms with Gasteiger partial charge in [-0.3, -0.25) is 4.98 Å². The molecule has 0 atom stereocenters. The third-order valence-electron chi connectivity index (χ3n) is 4.17. The summed E-state index contributed by atoms with van der Waals surface area (Å²) in [6, 6.07) is 16.6. The lowest BCUT2D eigenvalue weighted by Gasteiger charge is -2.09. The minimum absolute atomic E-state index is 0.456. The highest BCUT2D eigenvalue weighted by Gasteiger charge is 2.05. The largest absolute Gasteiger partial charge is 0.493 e. The molecule has 0 saturated heterocycles. The minimum Gasteiger partial charge on any atom is -0.493 e. The molecular weight excluding hydrogens is 378 g/mol. The maximum Gasteiger partial charge on any atom is 0.336 e. The summed E-state index contributed by atoms with van der Waals surface area (Å²) in [5.41, 5.74) is 2.88. The van der Waals surface area contributed by atoms with E-state index in [1.54, 1.807) is 43.8 Å². The van der Waals surface area contributed by atoms with Crippen LogP contribution in [0.4, 0.5) is 0 Å². The van der Waals surface area contributed by atoms with Crippen LogP contribution >= 0.6 is 0 Å². The third-order valence-corrected chi connectivity index (χ3v) is 4.17. The number of methoxy groups -OCH3 is 1. The van der Waals surface area contributed by atoms with E-state index >= 15 is 0 Å². The number of pyridine rings is 1. The zero-order valence-electron chi connectivity index (χ0n) is 16.9. The highest BCUT2D eigenvalue weighted by atomic mass is 16.5. The van der Waals surface area contributed by atoms with Crippen LogP contribution in [0.1, 0.15) is 23.6 Å². The predicted octanol–water partition coefficient (Wildman–Crippen LogP) is 5.28. The molecule has 0 fully saturated rings. The van der Waals surface area contributed by atoms with Gasteiger partial charge in [-0.15, -0.1) is 0 Å².